The van der Waals surface area contributed by atoms with Gasteiger partial charge in [-0.15, -0.1) is 0 Å². The second kappa shape index (κ2) is 4.50. The van der Waals surface area contributed by atoms with E-state index < -0.39 is 18.0 Å². The van der Waals surface area contributed by atoms with Gasteiger partial charge in [-0.25, -0.2) is 4.39 Å². The molecule has 0 aliphatic heterocycles. The molecule has 0 aliphatic carbocycles. The number of hydrogen-bond acceptors (Lipinski definition) is 3. The molecule has 2 amide bonds. The van der Waals surface area contributed by atoms with Crippen molar-refractivity contribution in [2.75, 3.05) is 7.05 Å². The van der Waals surface area contributed by atoms with Crippen molar-refractivity contribution in [2.24, 2.45) is 5.73 Å². The summed E-state index contributed by atoms with van der Waals surface area (Å²) < 4.78 is 13.4. The van der Waals surface area contributed by atoms with E-state index in [0.717, 1.165) is 0 Å². The summed E-state index contributed by atoms with van der Waals surface area (Å²) in [6.45, 7) is 0. The van der Waals surface area contributed by atoms with Crippen LogP contribution in [0.15, 0.2) is 18.5 Å². The first-order chi connectivity index (χ1) is 7.06. The smallest absolute Gasteiger partial charge is 0.259 e. The number of hydrogen-bond donors (Lipinski definition) is 2. The third kappa shape index (κ3) is 2.49. The minimum atomic E-state index is -1.85. The fourth-order valence-electron chi connectivity index (χ4n) is 1.01. The van der Waals surface area contributed by atoms with Gasteiger partial charge in [-0.05, 0) is 6.07 Å². The van der Waals surface area contributed by atoms with Crippen molar-refractivity contribution in [1.82, 2.24) is 10.3 Å². The average molecular weight is 211 g/mol. The maximum absolute atomic E-state index is 13.4. The molecule has 15 heavy (non-hydrogen) atoms. The molecule has 0 aromatic carbocycles. The number of nitrogens with one attached hydrogen (secondary N) is 1. The van der Waals surface area contributed by atoms with Crippen molar-refractivity contribution in [3.05, 3.63) is 29.6 Å². The molecule has 0 aliphatic rings. The van der Waals surface area contributed by atoms with Crippen LogP contribution in [0.25, 0.3) is 0 Å². The molecule has 0 fully saturated rings. The Morgan fingerprint density at radius 3 is 2.73 bits per heavy atom. The van der Waals surface area contributed by atoms with E-state index in [1.54, 1.807) is 0 Å². The molecule has 1 aromatic heterocycles. The molecule has 1 aromatic rings. The molecule has 0 saturated carbocycles. The van der Waals surface area contributed by atoms with Crippen LogP contribution >= 0.6 is 0 Å². The van der Waals surface area contributed by atoms with E-state index in [1.807, 2.05) is 0 Å². The van der Waals surface area contributed by atoms with E-state index in [-0.39, 0.29) is 11.1 Å². The van der Waals surface area contributed by atoms with Gasteiger partial charge in [0.05, 0.1) is 5.56 Å². The minimum Gasteiger partial charge on any atom is -0.366 e. The molecule has 0 bridgehead atoms. The van der Waals surface area contributed by atoms with Crippen LogP contribution in [0.5, 0.6) is 0 Å². The number of nitrogens with zero attached hydrogens (tertiary/aromatic N) is 1. The van der Waals surface area contributed by atoms with E-state index in [9.17, 15) is 14.0 Å². The van der Waals surface area contributed by atoms with Gasteiger partial charge in [0.2, 0.25) is 12.1 Å². The van der Waals surface area contributed by atoms with E-state index in [0.29, 0.717) is 0 Å². The third-order valence-electron chi connectivity index (χ3n) is 1.81. The quantitative estimate of drug-likeness (QED) is 0.734. The highest BCUT2D eigenvalue weighted by molar-refractivity contribution is 5.93. The van der Waals surface area contributed by atoms with Gasteiger partial charge >= 0.3 is 0 Å². The number of carbonyl (C=O) groups is 2. The maximum Gasteiger partial charge on any atom is 0.259 e. The molecule has 80 valence electrons. The van der Waals surface area contributed by atoms with Gasteiger partial charge in [-0.2, -0.15) is 0 Å². The van der Waals surface area contributed by atoms with E-state index in [4.69, 9.17) is 5.73 Å². The SMILES string of the molecule is CNC(=O)C(F)c1cncc(C(N)=O)c1. The van der Waals surface area contributed by atoms with Crippen LogP contribution in [-0.4, -0.2) is 23.8 Å². The topological polar surface area (TPSA) is 85.1 Å². The lowest BCUT2D eigenvalue weighted by molar-refractivity contribution is -0.125. The van der Waals surface area contributed by atoms with Crippen LogP contribution in [0.1, 0.15) is 22.1 Å². The maximum atomic E-state index is 13.4. The van der Waals surface area contributed by atoms with Crippen molar-refractivity contribution in [2.45, 2.75) is 6.17 Å². The predicted octanol–water partition coefficient (Wildman–Crippen LogP) is -0.0629. The largest absolute Gasteiger partial charge is 0.366 e. The van der Waals surface area contributed by atoms with E-state index in [1.165, 1.54) is 25.5 Å². The van der Waals surface area contributed by atoms with Crippen LogP contribution in [-0.2, 0) is 4.79 Å². The van der Waals surface area contributed by atoms with Gasteiger partial charge in [0.15, 0.2) is 0 Å². The molecule has 5 nitrogen and oxygen atoms in total. The molecule has 0 saturated heterocycles. The summed E-state index contributed by atoms with van der Waals surface area (Å²) in [7, 11) is 1.32. The van der Waals surface area contributed by atoms with Gasteiger partial charge in [0.25, 0.3) is 5.91 Å². The summed E-state index contributed by atoms with van der Waals surface area (Å²) in [5, 5.41) is 2.15. The van der Waals surface area contributed by atoms with E-state index in [2.05, 4.69) is 10.3 Å². The lowest BCUT2D eigenvalue weighted by atomic mass is 10.1. The highest BCUT2D eigenvalue weighted by atomic mass is 19.1. The van der Waals surface area contributed by atoms with Crippen LogP contribution in [0.3, 0.4) is 0 Å². The number of aromatic nitrogens is 1. The molecule has 6 heteroatoms. The number of alkyl halides is 1. The van der Waals surface area contributed by atoms with Crippen molar-refractivity contribution < 1.29 is 14.0 Å². The summed E-state index contributed by atoms with van der Waals surface area (Å²) >= 11 is 0. The Labute approximate surface area is 85.5 Å². The Kier molecular flexibility index (Phi) is 3.33. The number of rotatable bonds is 3. The van der Waals surface area contributed by atoms with Crippen molar-refractivity contribution in [3.8, 4) is 0 Å². The van der Waals surface area contributed by atoms with Gasteiger partial charge in [-0.3, -0.25) is 14.6 Å². The third-order valence-corrected chi connectivity index (χ3v) is 1.81. The minimum absolute atomic E-state index is 0.00523. The van der Waals surface area contributed by atoms with Crippen molar-refractivity contribution in [3.63, 3.8) is 0 Å². The van der Waals surface area contributed by atoms with Gasteiger partial charge in [-0.1, -0.05) is 0 Å². The molecule has 1 rings (SSSR count). The number of nitrogens with two attached hydrogens (primary N) is 1. The molecular weight excluding hydrogens is 201 g/mol. The zero-order chi connectivity index (χ0) is 11.4. The molecule has 0 radical (unpaired) electrons. The van der Waals surface area contributed by atoms with E-state index >= 15 is 0 Å². The van der Waals surface area contributed by atoms with Crippen molar-refractivity contribution in [1.29, 1.82) is 0 Å². The lowest BCUT2D eigenvalue weighted by Crippen LogP contribution is -2.23. The summed E-state index contributed by atoms with van der Waals surface area (Å²) in [6, 6.07) is 1.20. The highest BCUT2D eigenvalue weighted by Crippen LogP contribution is 2.17. The van der Waals surface area contributed by atoms with Crippen LogP contribution in [0, 0.1) is 0 Å². The molecule has 0 spiro atoms. The number of likely N-dealkylation sites (N-methyl/N-ethyl adjacent to an activating group) is 1. The second-order valence-electron chi connectivity index (χ2n) is 2.85. The molecule has 1 heterocycles. The fraction of sp³-hybridized carbons (Fsp3) is 0.222. The van der Waals surface area contributed by atoms with Crippen LogP contribution in [0.4, 0.5) is 4.39 Å². The predicted molar refractivity (Wildman–Crippen MR) is 50.7 cm³/mol. The van der Waals surface area contributed by atoms with Gasteiger partial charge in [0, 0.05) is 25.0 Å². The first-order valence-electron chi connectivity index (χ1n) is 4.16. The Hall–Kier alpha value is -1.98. The Balaban J connectivity index is 3.00. The Morgan fingerprint density at radius 1 is 1.53 bits per heavy atom. The van der Waals surface area contributed by atoms with Crippen LogP contribution < -0.4 is 11.1 Å². The average Bonchev–Trinajstić information content (AvgIpc) is 2.27. The van der Waals surface area contributed by atoms with Gasteiger partial charge in [0.1, 0.15) is 0 Å². The highest BCUT2D eigenvalue weighted by Gasteiger charge is 2.19. The fourth-order valence-corrected chi connectivity index (χ4v) is 1.01. The standard InChI is InChI=1S/C9H10FN3O2/c1-12-9(15)7(10)5-2-6(8(11)14)4-13-3-5/h2-4,7H,1H3,(H2,11,14)(H,12,15). The Bertz CT molecular complexity index is 395. The zero-order valence-corrected chi connectivity index (χ0v) is 8.03. The zero-order valence-electron chi connectivity index (χ0n) is 8.03. The number of carbonyl (C=O) groups excluding carboxylic acids is 2. The number of primary amides is 1. The van der Waals surface area contributed by atoms with Crippen molar-refractivity contribution >= 4 is 11.8 Å². The first kappa shape index (κ1) is 11.1. The van der Waals surface area contributed by atoms with Crippen LogP contribution in [0.2, 0.25) is 0 Å². The summed E-state index contributed by atoms with van der Waals surface area (Å²) in [4.78, 5) is 25.4. The number of pyridine rings is 1. The summed E-state index contributed by atoms with van der Waals surface area (Å²) in [6.07, 6.45) is 0.538. The lowest BCUT2D eigenvalue weighted by Gasteiger charge is -2.06. The second-order valence-corrected chi connectivity index (χ2v) is 2.85. The molecule has 1 atom stereocenters. The molecule has 1 unspecified atom stereocenters. The molecular formula is C9H10FN3O2. The Morgan fingerprint density at radius 2 is 2.20 bits per heavy atom. The molecule has 3 N–H and O–H groups in total. The summed E-state index contributed by atoms with van der Waals surface area (Å²) in [5.41, 5.74) is 5.06. The summed E-state index contributed by atoms with van der Waals surface area (Å²) in [5.74, 6) is -1.51. The normalized spacial score (nSPS) is 11.9. The monoisotopic (exact) mass is 211 g/mol. The van der Waals surface area contributed by atoms with Gasteiger partial charge < -0.3 is 11.1 Å². The first-order valence-corrected chi connectivity index (χ1v) is 4.16. The number of amides is 2. The number of halogens is 1.